The minimum atomic E-state index is 0.723. The van der Waals surface area contributed by atoms with Crippen LogP contribution in [0.15, 0.2) is 0 Å². The first-order valence-corrected chi connectivity index (χ1v) is 8.33. The average Bonchev–Trinajstić information content (AvgIpc) is 2.97. The molecule has 1 aromatic rings. The molecule has 2 aliphatic rings. The average molecular weight is 289 g/mol. The van der Waals surface area contributed by atoms with E-state index in [9.17, 15) is 0 Å². The third-order valence-corrected chi connectivity index (χ3v) is 4.71. The van der Waals surface area contributed by atoms with E-state index in [1.165, 1.54) is 31.5 Å². The van der Waals surface area contributed by atoms with Gasteiger partial charge in [0.15, 0.2) is 0 Å². The molecule has 2 fully saturated rings. The Bertz CT molecular complexity index is 502. The third kappa shape index (κ3) is 2.84. The van der Waals surface area contributed by atoms with Crippen molar-refractivity contribution >= 4 is 11.6 Å². The SMILES string of the molecule is CCNc1nc(CC)nc(N2CCN3CCCC3C2)c1C. The first kappa shape index (κ1) is 14.6. The lowest BCUT2D eigenvalue weighted by Crippen LogP contribution is -2.50. The first-order valence-electron chi connectivity index (χ1n) is 8.33. The third-order valence-electron chi connectivity index (χ3n) is 4.71. The predicted octanol–water partition coefficient (Wildman–Crippen LogP) is 2.06. The summed E-state index contributed by atoms with van der Waals surface area (Å²) in [6.07, 6.45) is 3.57. The van der Waals surface area contributed by atoms with Gasteiger partial charge in [0.2, 0.25) is 0 Å². The van der Waals surface area contributed by atoms with Crippen LogP contribution in [0.25, 0.3) is 0 Å². The highest BCUT2D eigenvalue weighted by molar-refractivity contribution is 5.59. The van der Waals surface area contributed by atoms with Crippen LogP contribution in [0.1, 0.15) is 38.1 Å². The van der Waals surface area contributed by atoms with Crippen LogP contribution in [-0.2, 0) is 6.42 Å². The number of piperazine rings is 1. The van der Waals surface area contributed by atoms with Crippen LogP contribution in [0.3, 0.4) is 0 Å². The molecule has 0 spiro atoms. The van der Waals surface area contributed by atoms with E-state index in [2.05, 4.69) is 40.9 Å². The van der Waals surface area contributed by atoms with Gasteiger partial charge < -0.3 is 10.2 Å². The molecule has 0 radical (unpaired) electrons. The van der Waals surface area contributed by atoms with E-state index in [1.54, 1.807) is 0 Å². The van der Waals surface area contributed by atoms with Crippen molar-refractivity contribution in [2.75, 3.05) is 42.9 Å². The summed E-state index contributed by atoms with van der Waals surface area (Å²) in [5.41, 5.74) is 1.19. The van der Waals surface area contributed by atoms with Gasteiger partial charge in [-0.05, 0) is 33.2 Å². The summed E-state index contributed by atoms with van der Waals surface area (Å²) >= 11 is 0. The molecule has 1 atom stereocenters. The van der Waals surface area contributed by atoms with Gasteiger partial charge in [0.25, 0.3) is 0 Å². The number of nitrogens with one attached hydrogen (secondary N) is 1. The van der Waals surface area contributed by atoms with Gasteiger partial charge in [-0.2, -0.15) is 0 Å². The monoisotopic (exact) mass is 289 g/mol. The van der Waals surface area contributed by atoms with Gasteiger partial charge >= 0.3 is 0 Å². The lowest BCUT2D eigenvalue weighted by atomic mass is 10.1. The Kier molecular flexibility index (Phi) is 4.29. The Morgan fingerprint density at radius 2 is 2.05 bits per heavy atom. The van der Waals surface area contributed by atoms with Crippen LogP contribution < -0.4 is 10.2 Å². The standard InChI is InChI=1S/C16H27N5/c1-4-14-18-15(17-5-2)12(3)16(19-14)21-10-9-20-8-6-7-13(20)11-21/h13H,4-11H2,1-3H3,(H,17,18,19). The topological polar surface area (TPSA) is 44.3 Å². The fraction of sp³-hybridized carbons (Fsp3) is 0.750. The van der Waals surface area contributed by atoms with Crippen LogP contribution in [0.4, 0.5) is 11.6 Å². The van der Waals surface area contributed by atoms with E-state index >= 15 is 0 Å². The van der Waals surface area contributed by atoms with Gasteiger partial charge in [-0.3, -0.25) is 4.90 Å². The number of rotatable bonds is 4. The molecular formula is C16H27N5. The van der Waals surface area contributed by atoms with Gasteiger partial charge in [-0.25, -0.2) is 9.97 Å². The maximum absolute atomic E-state index is 4.83. The van der Waals surface area contributed by atoms with Crippen LogP contribution >= 0.6 is 0 Å². The van der Waals surface area contributed by atoms with Gasteiger partial charge in [-0.15, -0.1) is 0 Å². The van der Waals surface area contributed by atoms with Crippen molar-refractivity contribution in [3.8, 4) is 0 Å². The minimum absolute atomic E-state index is 0.723. The predicted molar refractivity (Wildman–Crippen MR) is 87.1 cm³/mol. The highest BCUT2D eigenvalue weighted by Gasteiger charge is 2.32. The molecular weight excluding hydrogens is 262 g/mol. The summed E-state index contributed by atoms with van der Waals surface area (Å²) in [5.74, 6) is 3.10. The number of aryl methyl sites for hydroxylation is 1. The fourth-order valence-corrected chi connectivity index (χ4v) is 3.54. The van der Waals surface area contributed by atoms with E-state index in [0.29, 0.717) is 0 Å². The Balaban J connectivity index is 1.88. The van der Waals surface area contributed by atoms with Gasteiger partial charge in [0.1, 0.15) is 17.5 Å². The highest BCUT2D eigenvalue weighted by Crippen LogP contribution is 2.28. The largest absolute Gasteiger partial charge is 0.370 e. The lowest BCUT2D eigenvalue weighted by Gasteiger charge is -2.39. The smallest absolute Gasteiger partial charge is 0.137 e. The van der Waals surface area contributed by atoms with Crippen LogP contribution in [0.5, 0.6) is 0 Å². The second-order valence-corrected chi connectivity index (χ2v) is 6.10. The number of aromatic nitrogens is 2. The molecule has 0 saturated carbocycles. The van der Waals surface area contributed by atoms with E-state index in [1.807, 2.05) is 0 Å². The van der Waals surface area contributed by atoms with E-state index in [4.69, 9.17) is 4.98 Å². The summed E-state index contributed by atoms with van der Waals surface area (Å²) in [6, 6.07) is 0.723. The molecule has 116 valence electrons. The van der Waals surface area contributed by atoms with Crippen molar-refractivity contribution in [1.29, 1.82) is 0 Å². The van der Waals surface area contributed by atoms with Crippen molar-refractivity contribution in [2.24, 2.45) is 0 Å². The van der Waals surface area contributed by atoms with Crippen molar-refractivity contribution in [2.45, 2.75) is 46.1 Å². The van der Waals surface area contributed by atoms with Crippen LogP contribution in [0, 0.1) is 6.92 Å². The molecule has 5 heteroatoms. The van der Waals surface area contributed by atoms with Gasteiger partial charge in [0.05, 0.1) is 0 Å². The Morgan fingerprint density at radius 1 is 1.19 bits per heavy atom. The number of nitrogens with zero attached hydrogens (tertiary/aromatic N) is 4. The zero-order chi connectivity index (χ0) is 14.8. The van der Waals surface area contributed by atoms with E-state index in [0.717, 1.165) is 49.6 Å². The normalized spacial score (nSPS) is 22.4. The lowest BCUT2D eigenvalue weighted by molar-refractivity contribution is 0.230. The number of anilines is 2. The zero-order valence-electron chi connectivity index (χ0n) is 13.5. The fourth-order valence-electron chi connectivity index (χ4n) is 3.54. The molecule has 3 heterocycles. The Labute approximate surface area is 127 Å². The maximum Gasteiger partial charge on any atom is 0.137 e. The van der Waals surface area contributed by atoms with Crippen LogP contribution in [0.2, 0.25) is 0 Å². The number of hydrogen-bond acceptors (Lipinski definition) is 5. The highest BCUT2D eigenvalue weighted by atomic mass is 15.3. The summed E-state index contributed by atoms with van der Waals surface area (Å²) in [7, 11) is 0. The molecule has 0 aromatic carbocycles. The first-order chi connectivity index (χ1) is 10.2. The molecule has 21 heavy (non-hydrogen) atoms. The molecule has 0 amide bonds. The second kappa shape index (κ2) is 6.18. The van der Waals surface area contributed by atoms with Gasteiger partial charge in [-0.1, -0.05) is 6.92 Å². The van der Waals surface area contributed by atoms with E-state index in [-0.39, 0.29) is 0 Å². The summed E-state index contributed by atoms with van der Waals surface area (Å²) < 4.78 is 0. The van der Waals surface area contributed by atoms with Crippen molar-refractivity contribution in [3.05, 3.63) is 11.4 Å². The van der Waals surface area contributed by atoms with Crippen molar-refractivity contribution in [1.82, 2.24) is 14.9 Å². The molecule has 3 rings (SSSR count). The van der Waals surface area contributed by atoms with Crippen LogP contribution in [-0.4, -0.2) is 53.6 Å². The molecule has 1 aromatic heterocycles. The van der Waals surface area contributed by atoms with Crippen molar-refractivity contribution in [3.63, 3.8) is 0 Å². The molecule has 2 saturated heterocycles. The van der Waals surface area contributed by atoms with Crippen molar-refractivity contribution < 1.29 is 0 Å². The molecule has 1 N–H and O–H groups in total. The quantitative estimate of drug-likeness (QED) is 0.919. The van der Waals surface area contributed by atoms with E-state index < -0.39 is 0 Å². The Hall–Kier alpha value is -1.36. The second-order valence-electron chi connectivity index (χ2n) is 6.10. The number of hydrogen-bond donors (Lipinski definition) is 1. The summed E-state index contributed by atoms with van der Waals surface area (Å²) in [6.45, 7) is 11.9. The zero-order valence-corrected chi connectivity index (χ0v) is 13.5. The Morgan fingerprint density at radius 3 is 2.81 bits per heavy atom. The summed E-state index contributed by atoms with van der Waals surface area (Å²) in [4.78, 5) is 14.6. The van der Waals surface area contributed by atoms with Gasteiger partial charge in [0, 0.05) is 44.2 Å². The number of fused-ring (bicyclic) bond motifs is 1. The summed E-state index contributed by atoms with van der Waals surface area (Å²) in [5, 5.41) is 3.39. The molecule has 1 unspecified atom stereocenters. The maximum atomic E-state index is 4.83. The molecule has 5 nitrogen and oxygen atoms in total. The molecule has 2 aliphatic heterocycles. The molecule has 0 aliphatic carbocycles. The molecule has 0 bridgehead atoms. The minimum Gasteiger partial charge on any atom is -0.370 e.